The highest BCUT2D eigenvalue weighted by molar-refractivity contribution is 5.74. The van der Waals surface area contributed by atoms with Gasteiger partial charge in [-0.05, 0) is 31.4 Å². The van der Waals surface area contributed by atoms with Gasteiger partial charge >= 0.3 is 0 Å². The number of hydrogen-bond acceptors (Lipinski definition) is 2. The minimum absolute atomic E-state index is 0.952. The van der Waals surface area contributed by atoms with E-state index in [1.54, 1.807) is 0 Å². The molecule has 0 saturated carbocycles. The van der Waals surface area contributed by atoms with Crippen LogP contribution in [0.15, 0.2) is 30.6 Å². The van der Waals surface area contributed by atoms with Crippen LogP contribution in [0.1, 0.15) is 71.1 Å². The smallest absolute Gasteiger partial charge is 0.0958 e. The third kappa shape index (κ3) is 7.04. The lowest BCUT2D eigenvalue weighted by Gasteiger charge is -2.05. The first-order valence-electron chi connectivity index (χ1n) is 9.89. The number of imidazole rings is 1. The summed E-state index contributed by atoms with van der Waals surface area (Å²) in [7, 11) is 0. The lowest BCUT2D eigenvalue weighted by molar-refractivity contribution is 0.125. The molecule has 0 atom stereocenters. The monoisotopic (exact) mass is 330 g/mol. The zero-order chi connectivity index (χ0) is 16.9. The molecule has 0 aliphatic carbocycles. The van der Waals surface area contributed by atoms with Gasteiger partial charge in [-0.3, -0.25) is 0 Å². The minimum Gasteiger partial charge on any atom is -0.381 e. The molecule has 0 amide bonds. The molecule has 3 heteroatoms. The van der Waals surface area contributed by atoms with Crippen molar-refractivity contribution in [2.45, 2.75) is 77.7 Å². The molecule has 0 fully saturated rings. The number of hydrogen-bond donors (Lipinski definition) is 0. The van der Waals surface area contributed by atoms with Crippen molar-refractivity contribution in [3.63, 3.8) is 0 Å². The van der Waals surface area contributed by atoms with E-state index in [1.807, 2.05) is 6.33 Å². The predicted molar refractivity (Wildman–Crippen MR) is 102 cm³/mol. The molecule has 0 bridgehead atoms. The summed E-state index contributed by atoms with van der Waals surface area (Å²) in [6.07, 6.45) is 14.9. The number of unbranched alkanes of at least 4 members (excludes halogenated alkanes) is 8. The van der Waals surface area contributed by atoms with E-state index in [1.165, 1.54) is 69.7 Å². The molecule has 1 aromatic heterocycles. The number of fused-ring (bicyclic) bond motifs is 1. The summed E-state index contributed by atoms with van der Waals surface area (Å²) in [5.74, 6) is 0. The van der Waals surface area contributed by atoms with Gasteiger partial charge in [0.25, 0.3) is 0 Å². The van der Waals surface area contributed by atoms with E-state index in [0.29, 0.717) is 0 Å². The van der Waals surface area contributed by atoms with Gasteiger partial charge in [-0.1, -0.05) is 64.0 Å². The molecule has 1 heterocycles. The predicted octanol–water partition coefficient (Wildman–Crippen LogP) is 5.97. The van der Waals surface area contributed by atoms with Crippen LogP contribution in [0, 0.1) is 0 Å². The quantitative estimate of drug-likeness (QED) is 0.399. The van der Waals surface area contributed by atoms with E-state index in [4.69, 9.17) is 4.74 Å². The zero-order valence-corrected chi connectivity index (χ0v) is 15.4. The third-order valence-corrected chi connectivity index (χ3v) is 4.61. The van der Waals surface area contributed by atoms with Crippen molar-refractivity contribution in [3.8, 4) is 0 Å². The van der Waals surface area contributed by atoms with Crippen LogP contribution in [-0.2, 0) is 11.3 Å². The van der Waals surface area contributed by atoms with E-state index in [2.05, 4.69) is 40.7 Å². The van der Waals surface area contributed by atoms with Gasteiger partial charge in [0.05, 0.1) is 17.4 Å². The fraction of sp³-hybridized carbons (Fsp3) is 0.667. The van der Waals surface area contributed by atoms with Crippen LogP contribution >= 0.6 is 0 Å². The summed E-state index contributed by atoms with van der Waals surface area (Å²) in [4.78, 5) is 4.45. The molecule has 0 aliphatic heterocycles. The number of ether oxygens (including phenoxy) is 1. The number of aromatic nitrogens is 2. The first kappa shape index (κ1) is 19.0. The fourth-order valence-corrected chi connectivity index (χ4v) is 3.11. The van der Waals surface area contributed by atoms with Crippen molar-refractivity contribution in [1.82, 2.24) is 9.55 Å². The van der Waals surface area contributed by atoms with Crippen molar-refractivity contribution in [2.75, 3.05) is 13.2 Å². The first-order valence-corrected chi connectivity index (χ1v) is 9.89. The Bertz CT molecular complexity index is 550. The summed E-state index contributed by atoms with van der Waals surface area (Å²) in [5, 5.41) is 0. The Balaban J connectivity index is 1.41. The maximum absolute atomic E-state index is 5.69. The second-order valence-corrected chi connectivity index (χ2v) is 6.72. The van der Waals surface area contributed by atoms with Gasteiger partial charge in [0.1, 0.15) is 0 Å². The fourth-order valence-electron chi connectivity index (χ4n) is 3.11. The Hall–Kier alpha value is -1.35. The molecule has 0 radical (unpaired) electrons. The van der Waals surface area contributed by atoms with Gasteiger partial charge in [0, 0.05) is 19.8 Å². The molecule has 0 saturated heterocycles. The lowest BCUT2D eigenvalue weighted by atomic mass is 10.1. The molecule has 0 unspecified atom stereocenters. The number of rotatable bonds is 14. The molecule has 134 valence electrons. The molecule has 3 nitrogen and oxygen atoms in total. The summed E-state index contributed by atoms with van der Waals surface area (Å²) >= 11 is 0. The van der Waals surface area contributed by atoms with Crippen molar-refractivity contribution in [1.29, 1.82) is 0 Å². The highest BCUT2D eigenvalue weighted by Crippen LogP contribution is 2.13. The topological polar surface area (TPSA) is 27.1 Å². The summed E-state index contributed by atoms with van der Waals surface area (Å²) in [6.45, 7) is 5.24. The highest BCUT2D eigenvalue weighted by Gasteiger charge is 2.00. The Morgan fingerprint density at radius 1 is 0.833 bits per heavy atom. The molecule has 2 rings (SSSR count). The van der Waals surface area contributed by atoms with Crippen molar-refractivity contribution in [2.24, 2.45) is 0 Å². The SMILES string of the molecule is CCCCCCOCCCCCCCCn1cnc2ccccc21. The largest absolute Gasteiger partial charge is 0.381 e. The summed E-state index contributed by atoms with van der Waals surface area (Å²) < 4.78 is 7.97. The standard InChI is InChI=1S/C21H34N2O/c1-2-3-4-12-17-24-18-13-8-6-5-7-11-16-23-19-22-20-14-9-10-15-21(20)23/h9-10,14-15,19H,2-8,11-13,16-18H2,1H3. The van der Waals surface area contributed by atoms with E-state index in [0.717, 1.165) is 25.3 Å². The minimum atomic E-state index is 0.952. The van der Waals surface area contributed by atoms with Gasteiger partial charge in [-0.2, -0.15) is 0 Å². The summed E-state index contributed by atoms with van der Waals surface area (Å²) in [5.41, 5.74) is 2.36. The highest BCUT2D eigenvalue weighted by atomic mass is 16.5. The number of para-hydroxylation sites is 2. The molecule has 2 aromatic rings. The number of benzene rings is 1. The second kappa shape index (κ2) is 12.1. The van der Waals surface area contributed by atoms with Crippen LogP contribution in [0.3, 0.4) is 0 Å². The molecule has 1 aromatic carbocycles. The van der Waals surface area contributed by atoms with Gasteiger partial charge in [-0.25, -0.2) is 4.98 Å². The van der Waals surface area contributed by atoms with Crippen LogP contribution in [0.2, 0.25) is 0 Å². The van der Waals surface area contributed by atoms with Gasteiger partial charge < -0.3 is 9.30 Å². The second-order valence-electron chi connectivity index (χ2n) is 6.72. The van der Waals surface area contributed by atoms with Crippen LogP contribution in [-0.4, -0.2) is 22.8 Å². The van der Waals surface area contributed by atoms with E-state index < -0.39 is 0 Å². The van der Waals surface area contributed by atoms with Crippen LogP contribution in [0.4, 0.5) is 0 Å². The molecule has 0 spiro atoms. The Morgan fingerprint density at radius 3 is 2.29 bits per heavy atom. The van der Waals surface area contributed by atoms with Crippen LogP contribution in [0.5, 0.6) is 0 Å². The Morgan fingerprint density at radius 2 is 1.50 bits per heavy atom. The van der Waals surface area contributed by atoms with E-state index >= 15 is 0 Å². The van der Waals surface area contributed by atoms with Gasteiger partial charge in [-0.15, -0.1) is 0 Å². The lowest BCUT2D eigenvalue weighted by Crippen LogP contribution is -1.97. The average Bonchev–Trinajstić information content (AvgIpc) is 3.02. The summed E-state index contributed by atoms with van der Waals surface area (Å²) in [6, 6.07) is 8.38. The van der Waals surface area contributed by atoms with Crippen LogP contribution < -0.4 is 0 Å². The molecular formula is C21H34N2O. The van der Waals surface area contributed by atoms with Crippen molar-refractivity contribution in [3.05, 3.63) is 30.6 Å². The van der Waals surface area contributed by atoms with E-state index in [-0.39, 0.29) is 0 Å². The number of nitrogens with zero attached hydrogens (tertiary/aromatic N) is 2. The van der Waals surface area contributed by atoms with E-state index in [9.17, 15) is 0 Å². The first-order chi connectivity index (χ1) is 11.9. The Kier molecular flexibility index (Phi) is 9.55. The van der Waals surface area contributed by atoms with Gasteiger partial charge in [0.2, 0.25) is 0 Å². The average molecular weight is 331 g/mol. The molecule has 24 heavy (non-hydrogen) atoms. The molecule has 0 N–H and O–H groups in total. The Labute approximate surface area is 147 Å². The number of aryl methyl sites for hydroxylation is 1. The maximum atomic E-state index is 5.69. The van der Waals surface area contributed by atoms with Crippen molar-refractivity contribution < 1.29 is 4.74 Å². The van der Waals surface area contributed by atoms with Crippen LogP contribution in [0.25, 0.3) is 11.0 Å². The van der Waals surface area contributed by atoms with Crippen molar-refractivity contribution >= 4 is 11.0 Å². The molecular weight excluding hydrogens is 296 g/mol. The molecule has 0 aliphatic rings. The normalized spacial score (nSPS) is 11.4. The van der Waals surface area contributed by atoms with Gasteiger partial charge in [0.15, 0.2) is 0 Å². The third-order valence-electron chi connectivity index (χ3n) is 4.61. The maximum Gasteiger partial charge on any atom is 0.0958 e. The zero-order valence-electron chi connectivity index (χ0n) is 15.4.